The van der Waals surface area contributed by atoms with E-state index in [4.69, 9.17) is 0 Å². The third-order valence-corrected chi connectivity index (χ3v) is 4.73. The molecular weight excluding hydrogens is 426 g/mol. The van der Waals surface area contributed by atoms with Crippen LogP contribution in [0, 0.1) is 6.92 Å². The Kier molecular flexibility index (Phi) is 5.84. The molecule has 0 aliphatic rings. The van der Waals surface area contributed by atoms with E-state index in [1.165, 1.54) is 41.8 Å². The van der Waals surface area contributed by atoms with Crippen LogP contribution in [0.2, 0.25) is 0 Å². The molecular formula is C21H16F6N2O2. The van der Waals surface area contributed by atoms with Gasteiger partial charge in [-0.1, -0.05) is 24.3 Å². The molecule has 0 saturated carbocycles. The van der Waals surface area contributed by atoms with Gasteiger partial charge in [0.15, 0.2) is 0 Å². The fraction of sp³-hybridized carbons (Fsp3) is 0.238. The molecule has 31 heavy (non-hydrogen) atoms. The van der Waals surface area contributed by atoms with Crippen molar-refractivity contribution in [3.63, 3.8) is 0 Å². The molecule has 0 aliphatic heterocycles. The van der Waals surface area contributed by atoms with Gasteiger partial charge >= 0.3 is 18.0 Å². The standard InChI is InChI=1S/C21H16F6N2O2/c1-13-10-18(30)29(12-15-4-8-17(9-5-15)21(25,26)27)19(31)28(13)11-14-2-6-16(7-3-14)20(22,23)24/h2-10H,11-12H2,1H3. The quantitative estimate of drug-likeness (QED) is 0.561. The van der Waals surface area contributed by atoms with E-state index >= 15 is 0 Å². The highest BCUT2D eigenvalue weighted by atomic mass is 19.4. The minimum absolute atomic E-state index is 0.0733. The van der Waals surface area contributed by atoms with Crippen LogP contribution < -0.4 is 11.2 Å². The monoisotopic (exact) mass is 442 g/mol. The zero-order valence-electron chi connectivity index (χ0n) is 16.1. The van der Waals surface area contributed by atoms with Gasteiger partial charge in [0.25, 0.3) is 5.56 Å². The smallest absolute Gasteiger partial charge is 0.293 e. The topological polar surface area (TPSA) is 44.0 Å². The molecule has 0 N–H and O–H groups in total. The van der Waals surface area contributed by atoms with Gasteiger partial charge in [-0.05, 0) is 42.3 Å². The lowest BCUT2D eigenvalue weighted by molar-refractivity contribution is -0.138. The Bertz CT molecular complexity index is 1190. The number of halogens is 6. The van der Waals surface area contributed by atoms with E-state index in [9.17, 15) is 35.9 Å². The van der Waals surface area contributed by atoms with Crippen LogP contribution in [0.3, 0.4) is 0 Å². The van der Waals surface area contributed by atoms with Crippen molar-refractivity contribution in [1.82, 2.24) is 9.13 Å². The highest BCUT2D eigenvalue weighted by Crippen LogP contribution is 2.30. The van der Waals surface area contributed by atoms with Crippen molar-refractivity contribution in [2.45, 2.75) is 32.4 Å². The predicted molar refractivity (Wildman–Crippen MR) is 101 cm³/mol. The molecule has 10 heteroatoms. The van der Waals surface area contributed by atoms with Crippen molar-refractivity contribution >= 4 is 0 Å². The third-order valence-electron chi connectivity index (χ3n) is 4.73. The van der Waals surface area contributed by atoms with Crippen molar-refractivity contribution in [3.05, 3.63) is 103 Å². The van der Waals surface area contributed by atoms with Crippen LogP contribution in [0.1, 0.15) is 27.9 Å². The summed E-state index contributed by atoms with van der Waals surface area (Å²) in [4.78, 5) is 25.1. The van der Waals surface area contributed by atoms with E-state index in [0.717, 1.165) is 28.8 Å². The lowest BCUT2D eigenvalue weighted by atomic mass is 10.1. The number of benzene rings is 2. The molecule has 1 aromatic heterocycles. The highest BCUT2D eigenvalue weighted by Gasteiger charge is 2.30. The van der Waals surface area contributed by atoms with Gasteiger partial charge in [0.1, 0.15) is 0 Å². The number of aryl methyl sites for hydroxylation is 1. The van der Waals surface area contributed by atoms with Crippen LogP contribution in [-0.2, 0) is 25.4 Å². The largest absolute Gasteiger partial charge is 0.416 e. The van der Waals surface area contributed by atoms with Gasteiger partial charge in [-0.15, -0.1) is 0 Å². The fourth-order valence-electron chi connectivity index (χ4n) is 3.03. The Morgan fingerprint density at radius 2 is 1.06 bits per heavy atom. The Morgan fingerprint density at radius 1 is 0.677 bits per heavy atom. The summed E-state index contributed by atoms with van der Waals surface area (Å²) in [6.45, 7) is 1.19. The van der Waals surface area contributed by atoms with Gasteiger partial charge in [0.05, 0.1) is 24.2 Å². The molecule has 0 fully saturated rings. The van der Waals surface area contributed by atoms with Crippen molar-refractivity contribution in [1.29, 1.82) is 0 Å². The van der Waals surface area contributed by atoms with E-state index in [2.05, 4.69) is 0 Å². The average Bonchev–Trinajstić information content (AvgIpc) is 2.68. The van der Waals surface area contributed by atoms with E-state index in [-0.39, 0.29) is 13.1 Å². The van der Waals surface area contributed by atoms with Gasteiger partial charge in [-0.3, -0.25) is 13.9 Å². The Labute approximate surface area is 172 Å². The third kappa shape index (κ3) is 5.07. The number of aromatic nitrogens is 2. The maximum absolute atomic E-state index is 12.8. The Morgan fingerprint density at radius 3 is 1.45 bits per heavy atom. The van der Waals surface area contributed by atoms with Crippen LogP contribution in [0.5, 0.6) is 0 Å². The Balaban J connectivity index is 1.91. The van der Waals surface area contributed by atoms with Crippen molar-refractivity contribution in [2.75, 3.05) is 0 Å². The molecule has 164 valence electrons. The van der Waals surface area contributed by atoms with Crippen LogP contribution in [0.4, 0.5) is 26.3 Å². The van der Waals surface area contributed by atoms with E-state index in [1.54, 1.807) is 0 Å². The average molecular weight is 442 g/mol. The SMILES string of the molecule is Cc1cc(=O)n(Cc2ccc(C(F)(F)F)cc2)c(=O)n1Cc1ccc(C(F)(F)F)cc1. The van der Waals surface area contributed by atoms with Gasteiger partial charge in [0.2, 0.25) is 0 Å². The summed E-state index contributed by atoms with van der Waals surface area (Å²) < 4.78 is 78.3. The van der Waals surface area contributed by atoms with Crippen molar-refractivity contribution < 1.29 is 26.3 Å². The first-order valence-electron chi connectivity index (χ1n) is 9.00. The van der Waals surface area contributed by atoms with Crippen LogP contribution in [-0.4, -0.2) is 9.13 Å². The zero-order chi connectivity index (χ0) is 23.0. The number of hydrogen-bond acceptors (Lipinski definition) is 2. The molecule has 4 nitrogen and oxygen atoms in total. The van der Waals surface area contributed by atoms with Gasteiger partial charge in [-0.2, -0.15) is 26.3 Å². The first-order chi connectivity index (χ1) is 14.4. The molecule has 0 unspecified atom stereocenters. The minimum atomic E-state index is -4.51. The maximum Gasteiger partial charge on any atom is 0.416 e. The molecule has 3 rings (SSSR count). The second kappa shape index (κ2) is 8.09. The Hall–Kier alpha value is -3.30. The molecule has 0 aliphatic carbocycles. The first-order valence-corrected chi connectivity index (χ1v) is 9.00. The van der Waals surface area contributed by atoms with Crippen LogP contribution in [0.15, 0.2) is 64.2 Å². The summed E-state index contributed by atoms with van der Waals surface area (Å²) in [5.41, 5.74) is -2.00. The molecule has 0 spiro atoms. The predicted octanol–water partition coefficient (Wildman–Crippen LogP) is 4.45. The second-order valence-corrected chi connectivity index (χ2v) is 6.97. The molecule has 1 heterocycles. The van der Waals surface area contributed by atoms with E-state index in [0.29, 0.717) is 16.8 Å². The van der Waals surface area contributed by atoms with Crippen molar-refractivity contribution in [3.8, 4) is 0 Å². The molecule has 0 amide bonds. The summed E-state index contributed by atoms with van der Waals surface area (Å²) >= 11 is 0. The number of alkyl halides is 6. The summed E-state index contributed by atoms with van der Waals surface area (Å²) in [6, 6.07) is 9.52. The van der Waals surface area contributed by atoms with Crippen LogP contribution in [0.25, 0.3) is 0 Å². The van der Waals surface area contributed by atoms with Gasteiger partial charge in [0, 0.05) is 11.8 Å². The summed E-state index contributed by atoms with van der Waals surface area (Å²) in [6.07, 6.45) is -8.99. The first kappa shape index (κ1) is 22.4. The van der Waals surface area contributed by atoms with Gasteiger partial charge in [-0.25, -0.2) is 4.79 Å². The molecule has 0 atom stereocenters. The summed E-state index contributed by atoms with van der Waals surface area (Å²) in [5, 5.41) is 0. The summed E-state index contributed by atoms with van der Waals surface area (Å²) in [5.74, 6) is 0. The molecule has 3 aromatic rings. The maximum atomic E-state index is 12.8. The zero-order valence-corrected chi connectivity index (χ0v) is 16.1. The number of hydrogen-bond donors (Lipinski definition) is 0. The highest BCUT2D eigenvalue weighted by molar-refractivity contribution is 5.26. The van der Waals surface area contributed by atoms with E-state index in [1.807, 2.05) is 0 Å². The fourth-order valence-corrected chi connectivity index (χ4v) is 3.03. The van der Waals surface area contributed by atoms with Crippen molar-refractivity contribution in [2.24, 2.45) is 0 Å². The minimum Gasteiger partial charge on any atom is -0.293 e. The summed E-state index contributed by atoms with van der Waals surface area (Å²) in [7, 11) is 0. The normalized spacial score (nSPS) is 12.2. The molecule has 0 radical (unpaired) electrons. The molecule has 0 saturated heterocycles. The lowest BCUT2D eigenvalue weighted by Crippen LogP contribution is -2.41. The van der Waals surface area contributed by atoms with Crippen LogP contribution >= 0.6 is 0 Å². The molecule has 0 bridgehead atoms. The van der Waals surface area contributed by atoms with E-state index < -0.39 is 34.7 Å². The molecule has 2 aromatic carbocycles. The van der Waals surface area contributed by atoms with Gasteiger partial charge < -0.3 is 0 Å². The lowest BCUT2D eigenvalue weighted by Gasteiger charge is -2.14. The second-order valence-electron chi connectivity index (χ2n) is 6.97. The number of rotatable bonds is 4. The number of nitrogens with zero attached hydrogens (tertiary/aromatic N) is 2.